The zero-order valence-electron chi connectivity index (χ0n) is 13.9. The normalized spacial score (nSPS) is 20.4. The van der Waals surface area contributed by atoms with Gasteiger partial charge in [0.1, 0.15) is 0 Å². The van der Waals surface area contributed by atoms with Gasteiger partial charge in [-0.3, -0.25) is 4.98 Å². The maximum atomic E-state index is 6.19. The van der Waals surface area contributed by atoms with Gasteiger partial charge in [-0.25, -0.2) is 0 Å². The summed E-state index contributed by atoms with van der Waals surface area (Å²) in [4.78, 5) is 8.90. The minimum atomic E-state index is 0.137. The largest absolute Gasteiger partial charge is 0.349 e. The van der Waals surface area contributed by atoms with E-state index in [1.54, 1.807) is 12.4 Å². The van der Waals surface area contributed by atoms with Gasteiger partial charge in [-0.1, -0.05) is 18.9 Å². The second kappa shape index (κ2) is 6.98. The fourth-order valence-corrected chi connectivity index (χ4v) is 3.28. The van der Waals surface area contributed by atoms with E-state index >= 15 is 0 Å². The molecule has 2 heterocycles. The van der Waals surface area contributed by atoms with E-state index in [9.17, 15) is 0 Å². The van der Waals surface area contributed by atoms with E-state index in [0.717, 1.165) is 29.4 Å². The SMILES string of the molecule is N[C@H]1CCCC[C@H]1Nc1nncc(Nc2cccc3ncccc23)n1. The molecule has 0 radical (unpaired) electrons. The van der Waals surface area contributed by atoms with Crippen molar-refractivity contribution in [3.05, 3.63) is 42.7 Å². The molecular weight excluding hydrogens is 314 g/mol. The van der Waals surface area contributed by atoms with Gasteiger partial charge < -0.3 is 16.4 Å². The lowest BCUT2D eigenvalue weighted by molar-refractivity contribution is 0.402. The van der Waals surface area contributed by atoms with Gasteiger partial charge in [0.2, 0.25) is 5.95 Å². The van der Waals surface area contributed by atoms with Crippen molar-refractivity contribution in [2.45, 2.75) is 37.8 Å². The van der Waals surface area contributed by atoms with Gasteiger partial charge in [-0.2, -0.15) is 10.1 Å². The fourth-order valence-electron chi connectivity index (χ4n) is 3.28. The Morgan fingerprint density at radius 1 is 1.08 bits per heavy atom. The lowest BCUT2D eigenvalue weighted by Crippen LogP contribution is -2.43. The number of anilines is 3. The lowest BCUT2D eigenvalue weighted by atomic mass is 9.91. The number of hydrogen-bond donors (Lipinski definition) is 3. The molecule has 0 spiro atoms. The molecule has 128 valence electrons. The second-order valence-electron chi connectivity index (χ2n) is 6.37. The first-order valence-electron chi connectivity index (χ1n) is 8.62. The zero-order chi connectivity index (χ0) is 17.1. The van der Waals surface area contributed by atoms with Crippen LogP contribution in [0.2, 0.25) is 0 Å². The van der Waals surface area contributed by atoms with Crippen LogP contribution >= 0.6 is 0 Å². The first-order valence-corrected chi connectivity index (χ1v) is 8.62. The first-order chi connectivity index (χ1) is 12.3. The molecule has 0 amide bonds. The Balaban J connectivity index is 1.55. The van der Waals surface area contributed by atoms with Crippen LogP contribution in [-0.4, -0.2) is 32.2 Å². The number of nitrogens with two attached hydrogens (primary N) is 1. The highest BCUT2D eigenvalue weighted by atomic mass is 15.3. The first kappa shape index (κ1) is 15.7. The molecule has 4 rings (SSSR count). The van der Waals surface area contributed by atoms with Gasteiger partial charge in [0, 0.05) is 29.4 Å². The average Bonchev–Trinajstić information content (AvgIpc) is 2.64. The van der Waals surface area contributed by atoms with Crippen LogP contribution in [0.4, 0.5) is 17.5 Å². The zero-order valence-corrected chi connectivity index (χ0v) is 13.9. The van der Waals surface area contributed by atoms with Crippen LogP contribution in [0.1, 0.15) is 25.7 Å². The Morgan fingerprint density at radius 2 is 2.00 bits per heavy atom. The highest BCUT2D eigenvalue weighted by molar-refractivity contribution is 5.92. The minimum absolute atomic E-state index is 0.137. The topological polar surface area (TPSA) is 102 Å². The number of benzene rings is 1. The van der Waals surface area contributed by atoms with E-state index < -0.39 is 0 Å². The molecule has 2 atom stereocenters. The quantitative estimate of drug-likeness (QED) is 0.674. The number of pyridine rings is 1. The third kappa shape index (κ3) is 3.51. The average molecular weight is 335 g/mol. The summed E-state index contributed by atoms with van der Waals surface area (Å²) < 4.78 is 0. The molecular formula is C18H21N7. The van der Waals surface area contributed by atoms with Gasteiger partial charge in [0.05, 0.1) is 11.7 Å². The molecule has 2 aromatic heterocycles. The summed E-state index contributed by atoms with van der Waals surface area (Å²) in [6.07, 6.45) is 7.84. The highest BCUT2D eigenvalue weighted by Crippen LogP contribution is 2.25. The molecule has 1 aliphatic rings. The second-order valence-corrected chi connectivity index (χ2v) is 6.37. The van der Waals surface area contributed by atoms with Crippen LogP contribution in [0.15, 0.2) is 42.7 Å². The molecule has 4 N–H and O–H groups in total. The molecule has 3 aromatic rings. The Kier molecular flexibility index (Phi) is 4.39. The van der Waals surface area contributed by atoms with Crippen molar-refractivity contribution in [1.29, 1.82) is 0 Å². The molecule has 0 unspecified atom stereocenters. The maximum absolute atomic E-state index is 6.19. The predicted octanol–water partition coefficient (Wildman–Crippen LogP) is 2.85. The molecule has 7 nitrogen and oxygen atoms in total. The van der Waals surface area contributed by atoms with E-state index in [1.165, 1.54) is 12.8 Å². The summed E-state index contributed by atoms with van der Waals surface area (Å²) in [5, 5.41) is 15.8. The van der Waals surface area contributed by atoms with E-state index in [1.807, 2.05) is 30.3 Å². The smallest absolute Gasteiger partial charge is 0.244 e. The summed E-state index contributed by atoms with van der Waals surface area (Å²) in [5.41, 5.74) is 8.06. The number of aromatic nitrogens is 4. The third-order valence-electron chi connectivity index (χ3n) is 4.60. The van der Waals surface area contributed by atoms with Gasteiger partial charge >= 0.3 is 0 Å². The van der Waals surface area contributed by atoms with Crippen molar-refractivity contribution in [3.63, 3.8) is 0 Å². The van der Waals surface area contributed by atoms with E-state index in [4.69, 9.17) is 5.73 Å². The van der Waals surface area contributed by atoms with Crippen LogP contribution in [0.5, 0.6) is 0 Å². The summed E-state index contributed by atoms with van der Waals surface area (Å²) in [7, 11) is 0. The molecule has 1 aliphatic carbocycles. The summed E-state index contributed by atoms with van der Waals surface area (Å²) in [5.74, 6) is 1.14. The van der Waals surface area contributed by atoms with Crippen molar-refractivity contribution in [2.24, 2.45) is 5.73 Å². The van der Waals surface area contributed by atoms with Crippen molar-refractivity contribution >= 4 is 28.4 Å². The molecule has 7 heteroatoms. The lowest BCUT2D eigenvalue weighted by Gasteiger charge is -2.29. The maximum Gasteiger partial charge on any atom is 0.244 e. The number of rotatable bonds is 4. The van der Waals surface area contributed by atoms with Crippen molar-refractivity contribution in [1.82, 2.24) is 20.2 Å². The third-order valence-corrected chi connectivity index (χ3v) is 4.60. The molecule has 1 aromatic carbocycles. The Labute approximate surface area is 146 Å². The van der Waals surface area contributed by atoms with Crippen LogP contribution in [0.3, 0.4) is 0 Å². The monoisotopic (exact) mass is 335 g/mol. The van der Waals surface area contributed by atoms with E-state index in [2.05, 4.69) is 30.8 Å². The van der Waals surface area contributed by atoms with Gasteiger partial charge in [-0.15, -0.1) is 5.10 Å². The number of nitrogens with zero attached hydrogens (tertiary/aromatic N) is 4. The fraction of sp³-hybridized carbons (Fsp3) is 0.333. The molecule has 0 bridgehead atoms. The molecule has 0 aliphatic heterocycles. The highest BCUT2D eigenvalue weighted by Gasteiger charge is 2.22. The van der Waals surface area contributed by atoms with Crippen molar-refractivity contribution < 1.29 is 0 Å². The molecule has 1 fully saturated rings. The van der Waals surface area contributed by atoms with Crippen LogP contribution < -0.4 is 16.4 Å². The Morgan fingerprint density at radius 3 is 2.92 bits per heavy atom. The Bertz CT molecular complexity index is 861. The van der Waals surface area contributed by atoms with Crippen LogP contribution in [-0.2, 0) is 0 Å². The minimum Gasteiger partial charge on any atom is -0.349 e. The molecule has 0 saturated heterocycles. The standard InChI is InChI=1S/C18H21N7/c19-13-6-1-2-7-16(13)23-18-24-17(11-21-25-18)22-15-9-3-8-14-12(15)5-4-10-20-14/h3-5,8-11,13,16H,1-2,6-7,19H2,(H2,22,23,24,25)/t13-,16+/m0/s1. The van der Waals surface area contributed by atoms with E-state index in [-0.39, 0.29) is 12.1 Å². The number of nitrogens with one attached hydrogen (secondary N) is 2. The van der Waals surface area contributed by atoms with Gasteiger partial charge in [0.25, 0.3) is 0 Å². The molecule has 25 heavy (non-hydrogen) atoms. The molecule has 1 saturated carbocycles. The Hall–Kier alpha value is -2.80. The predicted molar refractivity (Wildman–Crippen MR) is 98.7 cm³/mol. The van der Waals surface area contributed by atoms with Crippen molar-refractivity contribution in [2.75, 3.05) is 10.6 Å². The van der Waals surface area contributed by atoms with Crippen molar-refractivity contribution in [3.8, 4) is 0 Å². The number of fused-ring (bicyclic) bond motifs is 1. The summed E-state index contributed by atoms with van der Waals surface area (Å²) in [6.45, 7) is 0. The van der Waals surface area contributed by atoms with Gasteiger partial charge in [-0.05, 0) is 37.1 Å². The van der Waals surface area contributed by atoms with Crippen LogP contribution in [0, 0.1) is 0 Å². The van der Waals surface area contributed by atoms with Crippen LogP contribution in [0.25, 0.3) is 10.9 Å². The van der Waals surface area contributed by atoms with E-state index in [0.29, 0.717) is 11.8 Å². The summed E-state index contributed by atoms with van der Waals surface area (Å²) in [6, 6.07) is 10.2. The van der Waals surface area contributed by atoms with Gasteiger partial charge in [0.15, 0.2) is 5.82 Å². The summed E-state index contributed by atoms with van der Waals surface area (Å²) >= 11 is 0. The number of hydrogen-bond acceptors (Lipinski definition) is 7.